The normalized spacial score (nSPS) is 13.4. The van der Waals surface area contributed by atoms with Crippen LogP contribution in [-0.4, -0.2) is 40.0 Å². The molecule has 0 radical (unpaired) electrons. The minimum Gasteiger partial charge on any atom is -0.454 e. The monoisotopic (exact) mass is 422 g/mol. The van der Waals surface area contributed by atoms with Gasteiger partial charge in [0.05, 0.1) is 10.7 Å². The van der Waals surface area contributed by atoms with E-state index >= 15 is 0 Å². The Kier molecular flexibility index (Phi) is 5.53. The van der Waals surface area contributed by atoms with Crippen molar-refractivity contribution in [1.29, 1.82) is 0 Å². The van der Waals surface area contributed by atoms with Gasteiger partial charge in [0.25, 0.3) is 10.0 Å². The number of halogens is 1. The highest BCUT2D eigenvalue weighted by Gasteiger charge is 2.22. The Bertz CT molecular complexity index is 1060. The Labute approximate surface area is 168 Å². The number of hydrogen-bond acceptors (Lipinski definition) is 6. The predicted octanol–water partition coefficient (Wildman–Crippen LogP) is 3.36. The van der Waals surface area contributed by atoms with Crippen LogP contribution in [0.15, 0.2) is 47.5 Å². The van der Waals surface area contributed by atoms with Crippen LogP contribution in [0.3, 0.4) is 0 Å². The van der Waals surface area contributed by atoms with E-state index in [0.717, 1.165) is 0 Å². The molecule has 0 spiro atoms. The Morgan fingerprint density at radius 1 is 1.14 bits per heavy atom. The van der Waals surface area contributed by atoms with Crippen LogP contribution in [0.4, 0.5) is 5.69 Å². The third-order valence-electron chi connectivity index (χ3n) is 3.92. The number of fused-ring (bicyclic) bond motifs is 1. The summed E-state index contributed by atoms with van der Waals surface area (Å²) in [6.07, 6.45) is 1.63. The zero-order valence-corrected chi connectivity index (χ0v) is 17.1. The number of ketones is 1. The summed E-state index contributed by atoms with van der Waals surface area (Å²) in [7, 11) is -0.451. The molecule has 28 heavy (non-hydrogen) atoms. The van der Waals surface area contributed by atoms with Crippen molar-refractivity contribution in [3.05, 3.63) is 53.2 Å². The molecule has 0 saturated heterocycles. The molecule has 0 aromatic heterocycles. The third kappa shape index (κ3) is 4.23. The first-order chi connectivity index (χ1) is 13.2. The van der Waals surface area contributed by atoms with Crippen LogP contribution in [0.5, 0.6) is 11.5 Å². The first kappa shape index (κ1) is 20.0. The van der Waals surface area contributed by atoms with Crippen molar-refractivity contribution < 1.29 is 22.7 Å². The number of rotatable bonds is 6. The van der Waals surface area contributed by atoms with E-state index in [1.54, 1.807) is 43.4 Å². The zero-order chi connectivity index (χ0) is 20.5. The highest BCUT2D eigenvalue weighted by Crippen LogP contribution is 2.35. The fourth-order valence-electron chi connectivity index (χ4n) is 2.67. The second-order valence-corrected chi connectivity index (χ2v) is 8.44. The standard InChI is InChI=1S/C19H19ClN2O5S/c1-12(23)15(10-22(2)3)13-4-6-16(20)19(8-13)28(24,25)21-14-5-7-17-18(9-14)27-11-26-17/h4-10,21H,11H2,1-3H3. The van der Waals surface area contributed by atoms with Crippen molar-refractivity contribution in [2.45, 2.75) is 11.8 Å². The van der Waals surface area contributed by atoms with Gasteiger partial charge in [-0.15, -0.1) is 0 Å². The minimum absolute atomic E-state index is 0.0461. The van der Waals surface area contributed by atoms with Crippen LogP contribution in [-0.2, 0) is 14.8 Å². The SMILES string of the molecule is CC(=O)C(=CN(C)C)c1ccc(Cl)c(S(=O)(=O)Nc2ccc3c(c2)OCO3)c1. The number of allylic oxidation sites excluding steroid dienone is 1. The maximum atomic E-state index is 12.9. The molecule has 1 heterocycles. The molecule has 1 N–H and O–H groups in total. The van der Waals surface area contributed by atoms with Gasteiger partial charge in [0.2, 0.25) is 6.79 Å². The number of Topliss-reactive ketones (excluding diaryl/α,β-unsaturated/α-hetero) is 1. The molecule has 2 aromatic rings. The lowest BCUT2D eigenvalue weighted by Crippen LogP contribution is -2.14. The molecule has 9 heteroatoms. The molecule has 7 nitrogen and oxygen atoms in total. The summed E-state index contributed by atoms with van der Waals surface area (Å²) < 4.78 is 38.8. The molecule has 0 unspecified atom stereocenters. The van der Waals surface area contributed by atoms with Gasteiger partial charge in [-0.1, -0.05) is 17.7 Å². The number of ether oxygens (including phenoxy) is 2. The number of benzene rings is 2. The van der Waals surface area contributed by atoms with Crippen LogP contribution >= 0.6 is 11.6 Å². The van der Waals surface area contributed by atoms with Gasteiger partial charge in [0.1, 0.15) is 4.90 Å². The van der Waals surface area contributed by atoms with Crippen LogP contribution in [0.2, 0.25) is 5.02 Å². The number of anilines is 1. The van der Waals surface area contributed by atoms with E-state index in [1.165, 1.54) is 25.1 Å². The van der Waals surface area contributed by atoms with Crippen LogP contribution in [0.1, 0.15) is 12.5 Å². The first-order valence-corrected chi connectivity index (χ1v) is 10.1. The smallest absolute Gasteiger partial charge is 0.263 e. The summed E-state index contributed by atoms with van der Waals surface area (Å²) in [6.45, 7) is 1.51. The summed E-state index contributed by atoms with van der Waals surface area (Å²) >= 11 is 6.15. The highest BCUT2D eigenvalue weighted by molar-refractivity contribution is 7.92. The lowest BCUT2D eigenvalue weighted by Gasteiger charge is -2.14. The van der Waals surface area contributed by atoms with E-state index in [9.17, 15) is 13.2 Å². The molecule has 0 amide bonds. The van der Waals surface area contributed by atoms with Gasteiger partial charge in [-0.25, -0.2) is 8.42 Å². The van der Waals surface area contributed by atoms with Gasteiger partial charge >= 0.3 is 0 Å². The molecular weight excluding hydrogens is 404 g/mol. The van der Waals surface area contributed by atoms with Crippen LogP contribution in [0, 0.1) is 0 Å². The van der Waals surface area contributed by atoms with Crippen LogP contribution in [0.25, 0.3) is 5.57 Å². The Hall–Kier alpha value is -2.71. The molecule has 3 rings (SSSR count). The average Bonchev–Trinajstić information content (AvgIpc) is 3.07. The van der Waals surface area contributed by atoms with Gasteiger partial charge in [0, 0.05) is 31.9 Å². The molecule has 1 aliphatic rings. The molecule has 148 valence electrons. The third-order valence-corrected chi connectivity index (χ3v) is 5.79. The average molecular weight is 423 g/mol. The lowest BCUT2D eigenvalue weighted by molar-refractivity contribution is -0.111. The van der Waals surface area contributed by atoms with Crippen molar-refractivity contribution in [1.82, 2.24) is 4.90 Å². The predicted molar refractivity (Wildman–Crippen MR) is 107 cm³/mol. The first-order valence-electron chi connectivity index (χ1n) is 8.29. The van der Waals surface area contributed by atoms with Gasteiger partial charge < -0.3 is 14.4 Å². The number of carbonyl (C=O) groups is 1. The van der Waals surface area contributed by atoms with E-state index in [2.05, 4.69) is 4.72 Å². The molecule has 0 aliphatic carbocycles. The van der Waals surface area contributed by atoms with Crippen molar-refractivity contribution in [3.8, 4) is 11.5 Å². The molecule has 0 fully saturated rings. The van der Waals surface area contributed by atoms with E-state index in [4.69, 9.17) is 21.1 Å². The summed E-state index contributed by atoms with van der Waals surface area (Å²) in [5.74, 6) is 0.804. The number of nitrogens with one attached hydrogen (secondary N) is 1. The van der Waals surface area contributed by atoms with E-state index in [-0.39, 0.29) is 22.5 Å². The largest absolute Gasteiger partial charge is 0.454 e. The van der Waals surface area contributed by atoms with E-state index in [0.29, 0.717) is 28.3 Å². The van der Waals surface area contributed by atoms with E-state index < -0.39 is 10.0 Å². The Balaban J connectivity index is 1.98. The highest BCUT2D eigenvalue weighted by atomic mass is 35.5. The van der Waals surface area contributed by atoms with Gasteiger partial charge in [-0.3, -0.25) is 9.52 Å². The summed E-state index contributed by atoms with van der Waals surface area (Å²) in [4.78, 5) is 13.6. The van der Waals surface area contributed by atoms with Crippen molar-refractivity contribution in [2.24, 2.45) is 0 Å². The van der Waals surface area contributed by atoms with E-state index in [1.807, 2.05) is 0 Å². The maximum Gasteiger partial charge on any atom is 0.263 e. The number of carbonyl (C=O) groups excluding carboxylic acids is 1. The minimum atomic E-state index is -4.00. The lowest BCUT2D eigenvalue weighted by atomic mass is 10.0. The topological polar surface area (TPSA) is 84.9 Å². The zero-order valence-electron chi connectivity index (χ0n) is 15.5. The second kappa shape index (κ2) is 7.73. The van der Waals surface area contributed by atoms with Gasteiger partial charge in [-0.2, -0.15) is 0 Å². The summed E-state index contributed by atoms with van der Waals surface area (Å²) in [5, 5.41) is 0.0461. The number of hydrogen-bond donors (Lipinski definition) is 1. The molecule has 0 atom stereocenters. The van der Waals surface area contributed by atoms with Crippen molar-refractivity contribution in [3.63, 3.8) is 0 Å². The molecular formula is C19H19ClN2O5S. The van der Waals surface area contributed by atoms with Crippen molar-refractivity contribution in [2.75, 3.05) is 25.6 Å². The van der Waals surface area contributed by atoms with Gasteiger partial charge in [-0.05, 0) is 36.8 Å². The Morgan fingerprint density at radius 2 is 1.86 bits per heavy atom. The number of sulfonamides is 1. The molecule has 0 saturated carbocycles. The maximum absolute atomic E-state index is 12.9. The fraction of sp³-hybridized carbons (Fsp3) is 0.211. The quantitative estimate of drug-likeness (QED) is 0.718. The fourth-order valence-corrected chi connectivity index (χ4v) is 4.25. The van der Waals surface area contributed by atoms with Gasteiger partial charge in [0.15, 0.2) is 17.3 Å². The van der Waals surface area contributed by atoms with Crippen LogP contribution < -0.4 is 14.2 Å². The molecule has 1 aliphatic heterocycles. The molecule has 0 bridgehead atoms. The summed E-state index contributed by atoms with van der Waals surface area (Å²) in [6, 6.07) is 9.16. The second-order valence-electron chi connectivity index (χ2n) is 6.38. The summed E-state index contributed by atoms with van der Waals surface area (Å²) in [5.41, 5.74) is 1.14. The number of nitrogens with zero attached hydrogens (tertiary/aromatic N) is 1. The van der Waals surface area contributed by atoms with Crippen molar-refractivity contribution >= 4 is 38.7 Å². The molecule has 2 aromatic carbocycles. The Morgan fingerprint density at radius 3 is 2.54 bits per heavy atom.